The van der Waals surface area contributed by atoms with E-state index in [1.807, 2.05) is 42.5 Å². The van der Waals surface area contributed by atoms with E-state index in [0.717, 1.165) is 11.3 Å². The van der Waals surface area contributed by atoms with E-state index in [1.54, 1.807) is 41.5 Å². The Hall–Kier alpha value is -4.57. The summed E-state index contributed by atoms with van der Waals surface area (Å²) in [5.74, 6) is -0.866. The van der Waals surface area contributed by atoms with Gasteiger partial charge in [0.2, 0.25) is 0 Å². The molecular weight excluding hydrogens is 405 g/mol. The lowest BCUT2D eigenvalue weighted by atomic mass is 10.1. The van der Waals surface area contributed by atoms with E-state index in [-0.39, 0.29) is 17.9 Å². The third-order valence-electron chi connectivity index (χ3n) is 4.72. The van der Waals surface area contributed by atoms with Gasteiger partial charge in [0.1, 0.15) is 17.5 Å². The molecule has 32 heavy (non-hydrogen) atoms. The average Bonchev–Trinajstić information content (AvgIpc) is 3.26. The number of benzene rings is 2. The van der Waals surface area contributed by atoms with Crippen LogP contribution in [0.3, 0.4) is 0 Å². The zero-order valence-corrected chi connectivity index (χ0v) is 16.9. The molecule has 7 heteroatoms. The van der Waals surface area contributed by atoms with Crippen LogP contribution in [0.5, 0.6) is 0 Å². The van der Waals surface area contributed by atoms with Crippen molar-refractivity contribution in [3.63, 3.8) is 0 Å². The van der Waals surface area contributed by atoms with E-state index in [0.29, 0.717) is 16.8 Å². The number of nitrogens with zero attached hydrogens (tertiary/aromatic N) is 4. The summed E-state index contributed by atoms with van der Waals surface area (Å²) in [5.41, 5.74) is 3.33. The molecule has 0 radical (unpaired) electrons. The molecule has 156 valence electrons. The van der Waals surface area contributed by atoms with E-state index in [1.165, 1.54) is 18.2 Å². The molecule has 2 aromatic heterocycles. The van der Waals surface area contributed by atoms with Crippen molar-refractivity contribution in [2.24, 2.45) is 0 Å². The van der Waals surface area contributed by atoms with Gasteiger partial charge in [-0.15, -0.1) is 0 Å². The molecule has 2 aromatic carbocycles. The van der Waals surface area contributed by atoms with Crippen molar-refractivity contribution < 1.29 is 9.18 Å². The second-order valence-corrected chi connectivity index (χ2v) is 6.93. The van der Waals surface area contributed by atoms with Crippen molar-refractivity contribution in [1.29, 1.82) is 5.26 Å². The van der Waals surface area contributed by atoms with Crippen molar-refractivity contribution >= 4 is 12.0 Å². The van der Waals surface area contributed by atoms with Gasteiger partial charge >= 0.3 is 0 Å². The highest BCUT2D eigenvalue weighted by atomic mass is 19.1. The first-order chi connectivity index (χ1) is 15.6. The number of carbonyl (C=O) groups is 1. The first kappa shape index (κ1) is 20.7. The number of hydrogen-bond donors (Lipinski definition) is 1. The SMILES string of the molecule is N#C/C(=C\c1cn(-c2ccccc2)nc1-c1ccc(F)cc1)C(=O)NCc1cccnc1. The summed E-state index contributed by atoms with van der Waals surface area (Å²) < 4.78 is 15.1. The Labute approximate surface area is 184 Å². The lowest BCUT2D eigenvalue weighted by Gasteiger charge is -2.04. The van der Waals surface area contributed by atoms with Crippen LogP contribution in [0.15, 0.2) is 90.9 Å². The Morgan fingerprint density at radius 3 is 2.56 bits per heavy atom. The smallest absolute Gasteiger partial charge is 0.262 e. The highest BCUT2D eigenvalue weighted by molar-refractivity contribution is 6.02. The Kier molecular flexibility index (Phi) is 6.14. The highest BCUT2D eigenvalue weighted by Gasteiger charge is 2.15. The largest absolute Gasteiger partial charge is 0.347 e. The second kappa shape index (κ2) is 9.49. The molecule has 0 fully saturated rings. The van der Waals surface area contributed by atoms with Gasteiger partial charge < -0.3 is 5.32 Å². The fourth-order valence-corrected chi connectivity index (χ4v) is 3.12. The van der Waals surface area contributed by atoms with Gasteiger partial charge in [0.25, 0.3) is 5.91 Å². The number of halogens is 1. The maximum absolute atomic E-state index is 13.4. The topological polar surface area (TPSA) is 83.6 Å². The molecule has 2 heterocycles. The average molecular weight is 423 g/mol. The molecular formula is C25H18FN5O. The molecule has 0 saturated carbocycles. The van der Waals surface area contributed by atoms with Crippen LogP contribution < -0.4 is 5.32 Å². The lowest BCUT2D eigenvalue weighted by Crippen LogP contribution is -2.24. The number of nitrogens with one attached hydrogen (secondary N) is 1. The fraction of sp³-hybridized carbons (Fsp3) is 0.0400. The van der Waals surface area contributed by atoms with Crippen LogP contribution in [0.4, 0.5) is 4.39 Å². The van der Waals surface area contributed by atoms with E-state index in [4.69, 9.17) is 0 Å². The maximum Gasteiger partial charge on any atom is 0.262 e. The number of hydrogen-bond acceptors (Lipinski definition) is 4. The Morgan fingerprint density at radius 2 is 1.88 bits per heavy atom. The molecule has 0 bridgehead atoms. The molecule has 1 N–H and O–H groups in total. The normalized spacial score (nSPS) is 11.1. The van der Waals surface area contributed by atoms with E-state index < -0.39 is 5.91 Å². The molecule has 0 aliphatic carbocycles. The summed E-state index contributed by atoms with van der Waals surface area (Å²) in [5, 5.41) is 17.0. The van der Waals surface area contributed by atoms with Crippen LogP contribution in [-0.4, -0.2) is 20.7 Å². The number of amides is 1. The molecule has 0 aliphatic heterocycles. The molecule has 0 saturated heterocycles. The summed E-state index contributed by atoms with van der Waals surface area (Å²) in [6, 6.07) is 20.9. The monoisotopic (exact) mass is 423 g/mol. The van der Waals surface area contributed by atoms with Gasteiger partial charge in [-0.3, -0.25) is 9.78 Å². The van der Waals surface area contributed by atoms with Crippen molar-refractivity contribution in [2.75, 3.05) is 0 Å². The minimum Gasteiger partial charge on any atom is -0.347 e. The molecule has 0 aliphatic rings. The van der Waals surface area contributed by atoms with Crippen LogP contribution in [0.1, 0.15) is 11.1 Å². The van der Waals surface area contributed by atoms with E-state index in [9.17, 15) is 14.4 Å². The summed E-state index contributed by atoms with van der Waals surface area (Å²) in [6.07, 6.45) is 6.52. The molecule has 0 unspecified atom stereocenters. The quantitative estimate of drug-likeness (QED) is 0.370. The number of pyridine rings is 1. The van der Waals surface area contributed by atoms with Crippen LogP contribution in [0.2, 0.25) is 0 Å². The summed E-state index contributed by atoms with van der Waals surface area (Å²) in [7, 11) is 0. The first-order valence-electron chi connectivity index (χ1n) is 9.84. The Bertz CT molecular complexity index is 1290. The molecule has 4 aromatic rings. The minimum absolute atomic E-state index is 0.0649. The van der Waals surface area contributed by atoms with Crippen molar-refractivity contribution in [2.45, 2.75) is 6.54 Å². The van der Waals surface area contributed by atoms with Crippen molar-refractivity contribution in [1.82, 2.24) is 20.1 Å². The molecule has 4 rings (SSSR count). The van der Waals surface area contributed by atoms with Crippen LogP contribution in [0.25, 0.3) is 23.0 Å². The number of aromatic nitrogens is 3. The predicted octanol–water partition coefficient (Wildman–Crippen LogP) is 4.30. The summed E-state index contributed by atoms with van der Waals surface area (Å²) in [6.45, 7) is 0.250. The first-order valence-corrected chi connectivity index (χ1v) is 9.84. The van der Waals surface area contributed by atoms with Gasteiger partial charge in [0, 0.05) is 36.3 Å². The van der Waals surface area contributed by atoms with Gasteiger partial charge in [-0.1, -0.05) is 24.3 Å². The molecule has 1 amide bonds. The predicted molar refractivity (Wildman–Crippen MR) is 119 cm³/mol. The van der Waals surface area contributed by atoms with Crippen molar-refractivity contribution in [3.05, 3.63) is 108 Å². The third kappa shape index (κ3) is 4.77. The summed E-state index contributed by atoms with van der Waals surface area (Å²) >= 11 is 0. The van der Waals surface area contributed by atoms with Crippen molar-refractivity contribution in [3.8, 4) is 23.0 Å². The van der Waals surface area contributed by atoms with Crippen LogP contribution in [0, 0.1) is 17.1 Å². The standard InChI is InChI=1S/C25H18FN5O/c26-22-10-8-19(9-11-22)24-21(17-31(30-24)23-6-2-1-3-7-23)13-20(14-27)25(32)29-16-18-5-4-12-28-15-18/h1-13,15,17H,16H2,(H,29,32)/b20-13+. The highest BCUT2D eigenvalue weighted by Crippen LogP contribution is 2.26. The fourth-order valence-electron chi connectivity index (χ4n) is 3.12. The van der Waals surface area contributed by atoms with Gasteiger partial charge in [0.15, 0.2) is 0 Å². The van der Waals surface area contributed by atoms with Gasteiger partial charge in [0.05, 0.1) is 11.4 Å². The minimum atomic E-state index is -0.506. The maximum atomic E-state index is 13.4. The molecule has 6 nitrogen and oxygen atoms in total. The zero-order chi connectivity index (χ0) is 22.3. The van der Waals surface area contributed by atoms with Gasteiger partial charge in [-0.05, 0) is 54.1 Å². The third-order valence-corrected chi connectivity index (χ3v) is 4.72. The number of carbonyl (C=O) groups excluding carboxylic acids is 1. The van der Waals surface area contributed by atoms with Crippen LogP contribution >= 0.6 is 0 Å². The second-order valence-electron chi connectivity index (χ2n) is 6.93. The van der Waals surface area contributed by atoms with E-state index >= 15 is 0 Å². The Morgan fingerprint density at radius 1 is 1.09 bits per heavy atom. The summed E-state index contributed by atoms with van der Waals surface area (Å²) in [4.78, 5) is 16.6. The lowest BCUT2D eigenvalue weighted by molar-refractivity contribution is -0.117. The van der Waals surface area contributed by atoms with Gasteiger partial charge in [-0.2, -0.15) is 10.4 Å². The molecule has 0 atom stereocenters. The van der Waals surface area contributed by atoms with Crippen LogP contribution in [-0.2, 0) is 11.3 Å². The molecule has 0 spiro atoms. The van der Waals surface area contributed by atoms with Gasteiger partial charge in [-0.25, -0.2) is 9.07 Å². The Balaban J connectivity index is 1.69. The number of rotatable bonds is 6. The number of nitriles is 1. The number of para-hydroxylation sites is 1. The van der Waals surface area contributed by atoms with E-state index in [2.05, 4.69) is 15.4 Å². The zero-order valence-electron chi connectivity index (χ0n) is 16.9.